The minimum atomic E-state index is -0.446. The second-order valence-corrected chi connectivity index (χ2v) is 7.71. The molecule has 0 spiro atoms. The van der Waals surface area contributed by atoms with Gasteiger partial charge >= 0.3 is 5.97 Å². The molecule has 28 heavy (non-hydrogen) atoms. The van der Waals surface area contributed by atoms with Crippen LogP contribution in [0.5, 0.6) is 0 Å². The zero-order valence-corrected chi connectivity index (χ0v) is 17.0. The number of esters is 1. The Kier molecular flexibility index (Phi) is 10.7. The lowest BCUT2D eigenvalue weighted by Crippen LogP contribution is -2.20. The summed E-state index contributed by atoms with van der Waals surface area (Å²) in [4.78, 5) is 9.59. The lowest BCUT2D eigenvalue weighted by atomic mass is 10.4. The van der Waals surface area contributed by atoms with E-state index in [0.717, 1.165) is 0 Å². The van der Waals surface area contributed by atoms with E-state index in [2.05, 4.69) is 107 Å². The summed E-state index contributed by atoms with van der Waals surface area (Å²) in [5.74, 6) is -0.579. The molecule has 0 saturated carbocycles. The van der Waals surface area contributed by atoms with Gasteiger partial charge in [-0.15, -0.1) is 0 Å². The summed E-state index contributed by atoms with van der Waals surface area (Å²) < 4.78 is 4.11. The number of ether oxygens (including phenoxy) is 1. The van der Waals surface area contributed by atoms with Crippen LogP contribution in [0.15, 0.2) is 91.0 Å². The number of carbonyl (C=O) groups excluding carboxylic acids is 1. The molecule has 0 radical (unpaired) electrons. The topological polar surface area (TPSA) is 102 Å². The van der Waals surface area contributed by atoms with Gasteiger partial charge in [-0.3, -0.25) is 10.2 Å². The maximum absolute atomic E-state index is 9.59. The number of hydrogen-bond acceptors (Lipinski definition) is 3. The second-order valence-electron chi connectivity index (χ2n) is 5.49. The minimum absolute atomic E-state index is 0.245. The van der Waals surface area contributed by atoms with Gasteiger partial charge in [0.15, 0.2) is 5.96 Å². The molecule has 0 heterocycles. The lowest BCUT2D eigenvalue weighted by molar-refractivity contribution is -0.137. The highest BCUT2D eigenvalue weighted by atomic mass is 31.1. The van der Waals surface area contributed by atoms with Gasteiger partial charge in [-0.2, -0.15) is 0 Å². The standard InChI is InChI=1S/C18H15P.C3H6O2.CH5N3/c1-4-10-16(11-5-1)19(17-12-6-2-7-13-17)18-14-8-3-9-15-18;1-3(4)5-2;2-1(3)4/h1-15H;1-2H3;(H5,2,3,4). The van der Waals surface area contributed by atoms with Crippen LogP contribution >= 0.6 is 7.92 Å². The van der Waals surface area contributed by atoms with Crippen molar-refractivity contribution >= 4 is 35.8 Å². The van der Waals surface area contributed by atoms with Gasteiger partial charge in [0.1, 0.15) is 0 Å². The van der Waals surface area contributed by atoms with Crippen LogP contribution < -0.4 is 27.4 Å². The Morgan fingerprint density at radius 3 is 1.14 bits per heavy atom. The Bertz CT molecular complexity index is 730. The van der Waals surface area contributed by atoms with E-state index < -0.39 is 7.92 Å². The number of rotatable bonds is 3. The normalized spacial score (nSPS) is 9.25. The maximum Gasteiger partial charge on any atom is 0.302 e. The van der Waals surface area contributed by atoms with Crippen LogP contribution in [0.4, 0.5) is 0 Å². The summed E-state index contributed by atoms with van der Waals surface area (Å²) in [6, 6.07) is 32.3. The fourth-order valence-corrected chi connectivity index (χ4v) is 4.48. The molecule has 0 atom stereocenters. The van der Waals surface area contributed by atoms with E-state index in [1.54, 1.807) is 0 Å². The van der Waals surface area contributed by atoms with Gasteiger partial charge in [0.25, 0.3) is 0 Å². The Morgan fingerprint density at radius 1 is 0.750 bits per heavy atom. The first-order valence-electron chi connectivity index (χ1n) is 8.55. The molecule has 0 aliphatic heterocycles. The molecule has 5 nitrogen and oxygen atoms in total. The summed E-state index contributed by atoms with van der Waals surface area (Å²) in [6.07, 6.45) is 0. The fraction of sp³-hybridized carbons (Fsp3) is 0.0909. The predicted molar refractivity (Wildman–Crippen MR) is 119 cm³/mol. The van der Waals surface area contributed by atoms with Crippen LogP contribution in [0.1, 0.15) is 6.92 Å². The van der Waals surface area contributed by atoms with Gasteiger partial charge in [-0.25, -0.2) is 0 Å². The molecule has 0 fully saturated rings. The maximum atomic E-state index is 9.59. The molecular weight excluding hydrogens is 369 g/mol. The van der Waals surface area contributed by atoms with Crippen LogP contribution in [-0.4, -0.2) is 19.0 Å². The third kappa shape index (κ3) is 8.97. The number of methoxy groups -OCH3 is 1. The number of nitrogens with two attached hydrogens (primary N) is 2. The van der Waals surface area contributed by atoms with Gasteiger partial charge in [-0.05, 0) is 23.8 Å². The summed E-state index contributed by atoms with van der Waals surface area (Å²) in [5.41, 5.74) is 8.94. The molecule has 0 saturated heterocycles. The summed E-state index contributed by atoms with van der Waals surface area (Å²) in [5, 5.41) is 10.2. The zero-order valence-electron chi connectivity index (χ0n) is 16.1. The quantitative estimate of drug-likeness (QED) is 0.274. The molecule has 0 unspecified atom stereocenters. The summed E-state index contributed by atoms with van der Waals surface area (Å²) in [6.45, 7) is 1.36. The van der Waals surface area contributed by atoms with Gasteiger partial charge in [0.05, 0.1) is 7.11 Å². The number of carbonyl (C=O) groups is 1. The van der Waals surface area contributed by atoms with E-state index in [9.17, 15) is 4.79 Å². The van der Waals surface area contributed by atoms with Crippen molar-refractivity contribution in [2.75, 3.05) is 7.11 Å². The monoisotopic (exact) mass is 395 g/mol. The van der Waals surface area contributed by atoms with E-state index in [4.69, 9.17) is 5.41 Å². The SMILES string of the molecule is COC(C)=O.N=C(N)N.c1ccc(P(c2ccccc2)c2ccccc2)cc1. The van der Waals surface area contributed by atoms with E-state index in [1.165, 1.54) is 29.9 Å². The molecule has 6 heteroatoms. The van der Waals surface area contributed by atoms with Crippen LogP contribution in [0.2, 0.25) is 0 Å². The Hall–Kier alpha value is -3.17. The lowest BCUT2D eigenvalue weighted by Gasteiger charge is -2.18. The van der Waals surface area contributed by atoms with E-state index in [0.29, 0.717) is 0 Å². The summed E-state index contributed by atoms with van der Waals surface area (Å²) in [7, 11) is 0.904. The highest BCUT2D eigenvalue weighted by Gasteiger charge is 2.14. The Morgan fingerprint density at radius 2 is 0.964 bits per heavy atom. The first-order valence-corrected chi connectivity index (χ1v) is 9.89. The van der Waals surface area contributed by atoms with Crippen molar-refractivity contribution in [3.8, 4) is 0 Å². The van der Waals surface area contributed by atoms with E-state index in [-0.39, 0.29) is 11.9 Å². The minimum Gasteiger partial charge on any atom is -0.469 e. The van der Waals surface area contributed by atoms with Crippen LogP contribution in [0.25, 0.3) is 0 Å². The zero-order chi connectivity index (χ0) is 20.8. The molecule has 3 aromatic rings. The van der Waals surface area contributed by atoms with Gasteiger partial charge < -0.3 is 16.2 Å². The van der Waals surface area contributed by atoms with Crippen LogP contribution in [0, 0.1) is 5.41 Å². The first-order chi connectivity index (χ1) is 13.5. The van der Waals surface area contributed by atoms with Crippen LogP contribution in [-0.2, 0) is 9.53 Å². The smallest absolute Gasteiger partial charge is 0.302 e. The summed E-state index contributed by atoms with van der Waals surface area (Å²) >= 11 is 0. The molecule has 3 rings (SSSR count). The number of guanidine groups is 1. The highest BCUT2D eigenvalue weighted by molar-refractivity contribution is 7.79. The predicted octanol–water partition coefficient (Wildman–Crippen LogP) is 2.46. The molecule has 0 bridgehead atoms. The Balaban J connectivity index is 0.000000369. The largest absolute Gasteiger partial charge is 0.469 e. The third-order valence-corrected chi connectivity index (χ3v) is 5.77. The van der Waals surface area contributed by atoms with Crippen molar-refractivity contribution in [1.82, 2.24) is 0 Å². The molecule has 0 aromatic heterocycles. The molecule has 5 N–H and O–H groups in total. The molecule has 3 aromatic carbocycles. The van der Waals surface area contributed by atoms with Crippen molar-refractivity contribution in [3.05, 3.63) is 91.0 Å². The second kappa shape index (κ2) is 13.1. The van der Waals surface area contributed by atoms with Crippen LogP contribution in [0.3, 0.4) is 0 Å². The number of hydrogen-bond donors (Lipinski definition) is 3. The van der Waals surface area contributed by atoms with Crippen molar-refractivity contribution in [2.45, 2.75) is 6.92 Å². The molecular formula is C22H26N3O2P. The van der Waals surface area contributed by atoms with Crippen molar-refractivity contribution in [2.24, 2.45) is 11.5 Å². The van der Waals surface area contributed by atoms with Crippen molar-refractivity contribution < 1.29 is 9.53 Å². The third-order valence-electron chi connectivity index (χ3n) is 3.33. The average molecular weight is 395 g/mol. The fourth-order valence-electron chi connectivity index (χ4n) is 2.18. The molecule has 0 amide bonds. The molecule has 0 aliphatic carbocycles. The van der Waals surface area contributed by atoms with Crippen molar-refractivity contribution in [3.63, 3.8) is 0 Å². The molecule has 0 aliphatic rings. The van der Waals surface area contributed by atoms with Crippen molar-refractivity contribution in [1.29, 1.82) is 5.41 Å². The van der Waals surface area contributed by atoms with E-state index in [1.807, 2.05) is 0 Å². The highest BCUT2D eigenvalue weighted by Crippen LogP contribution is 2.32. The first kappa shape index (κ1) is 22.9. The number of nitrogens with one attached hydrogen (secondary N) is 1. The Labute approximate surface area is 167 Å². The average Bonchev–Trinajstić information content (AvgIpc) is 2.71. The number of benzene rings is 3. The van der Waals surface area contributed by atoms with E-state index >= 15 is 0 Å². The van der Waals surface area contributed by atoms with Gasteiger partial charge in [0.2, 0.25) is 0 Å². The van der Waals surface area contributed by atoms with Gasteiger partial charge in [0, 0.05) is 6.92 Å². The van der Waals surface area contributed by atoms with Gasteiger partial charge in [-0.1, -0.05) is 91.0 Å². The molecule has 146 valence electrons.